The lowest BCUT2D eigenvalue weighted by Gasteiger charge is -2.09. The van der Waals surface area contributed by atoms with E-state index in [0.717, 1.165) is 35.8 Å². The number of H-pyrrole nitrogens is 1. The third-order valence-electron chi connectivity index (χ3n) is 4.85. The standard InChI is InChI=1S/C24H23ClN2O.ClH/c25-23-7-3-1-5-20(23)17-28-21-11-9-18(10-12-21)15-26-14-13-19-16-27-24-8-4-2-6-22(19)24;/h1-12,16,26-27H,13-15,17H2;1H. The summed E-state index contributed by atoms with van der Waals surface area (Å²) in [6.45, 7) is 2.25. The van der Waals surface area contributed by atoms with Crippen LogP contribution in [0, 0.1) is 0 Å². The largest absolute Gasteiger partial charge is 0.489 e. The van der Waals surface area contributed by atoms with Crippen molar-refractivity contribution in [3.63, 3.8) is 0 Å². The van der Waals surface area contributed by atoms with Gasteiger partial charge in [0.2, 0.25) is 0 Å². The summed E-state index contributed by atoms with van der Waals surface area (Å²) in [4.78, 5) is 3.33. The van der Waals surface area contributed by atoms with Crippen molar-refractivity contribution in [3.05, 3.63) is 101 Å². The molecule has 0 unspecified atom stereocenters. The van der Waals surface area contributed by atoms with Crippen LogP contribution in [0.15, 0.2) is 79.0 Å². The third kappa shape index (κ3) is 5.54. The smallest absolute Gasteiger partial charge is 0.119 e. The fourth-order valence-electron chi connectivity index (χ4n) is 3.27. The first-order valence-corrected chi connectivity index (χ1v) is 9.88. The highest BCUT2D eigenvalue weighted by Gasteiger charge is 2.03. The van der Waals surface area contributed by atoms with Gasteiger partial charge in [0.05, 0.1) is 0 Å². The molecule has 150 valence electrons. The number of halogens is 2. The zero-order chi connectivity index (χ0) is 19.2. The number of ether oxygens (including phenoxy) is 1. The van der Waals surface area contributed by atoms with Crippen molar-refractivity contribution in [2.75, 3.05) is 6.54 Å². The van der Waals surface area contributed by atoms with E-state index in [0.29, 0.717) is 6.61 Å². The molecule has 5 heteroatoms. The van der Waals surface area contributed by atoms with Crippen LogP contribution < -0.4 is 10.1 Å². The third-order valence-corrected chi connectivity index (χ3v) is 5.22. The number of para-hydroxylation sites is 1. The molecule has 0 fully saturated rings. The van der Waals surface area contributed by atoms with Gasteiger partial charge in [-0.05, 0) is 48.4 Å². The quantitative estimate of drug-likeness (QED) is 0.331. The molecule has 0 saturated carbocycles. The molecule has 3 aromatic carbocycles. The van der Waals surface area contributed by atoms with E-state index < -0.39 is 0 Å². The molecule has 0 atom stereocenters. The summed E-state index contributed by atoms with van der Waals surface area (Å²) in [5.41, 5.74) is 4.78. The Morgan fingerprint density at radius 1 is 0.862 bits per heavy atom. The molecule has 3 nitrogen and oxygen atoms in total. The minimum Gasteiger partial charge on any atom is -0.489 e. The van der Waals surface area contributed by atoms with E-state index in [4.69, 9.17) is 16.3 Å². The van der Waals surface area contributed by atoms with Crippen LogP contribution in [0.2, 0.25) is 5.02 Å². The number of aromatic nitrogens is 1. The fourth-order valence-corrected chi connectivity index (χ4v) is 3.46. The van der Waals surface area contributed by atoms with Crippen LogP contribution in [0.5, 0.6) is 5.75 Å². The Hall–Kier alpha value is -2.46. The maximum atomic E-state index is 6.17. The number of benzene rings is 3. The number of rotatable bonds is 8. The number of fused-ring (bicyclic) bond motifs is 1. The summed E-state index contributed by atoms with van der Waals surface area (Å²) in [7, 11) is 0. The van der Waals surface area contributed by atoms with Gasteiger partial charge in [-0.3, -0.25) is 0 Å². The minimum atomic E-state index is 0. The first kappa shape index (κ1) is 21.3. The van der Waals surface area contributed by atoms with Crippen LogP contribution in [0.25, 0.3) is 10.9 Å². The lowest BCUT2D eigenvalue weighted by molar-refractivity contribution is 0.306. The van der Waals surface area contributed by atoms with Gasteiger partial charge in [0.1, 0.15) is 12.4 Å². The molecule has 1 aromatic heterocycles. The van der Waals surface area contributed by atoms with Crippen molar-refractivity contribution in [1.82, 2.24) is 10.3 Å². The maximum absolute atomic E-state index is 6.17. The van der Waals surface area contributed by atoms with Crippen molar-refractivity contribution >= 4 is 34.9 Å². The Morgan fingerprint density at radius 3 is 2.45 bits per heavy atom. The summed E-state index contributed by atoms with van der Waals surface area (Å²) in [5, 5.41) is 5.56. The topological polar surface area (TPSA) is 37.0 Å². The lowest BCUT2D eigenvalue weighted by atomic mass is 10.1. The fraction of sp³-hybridized carbons (Fsp3) is 0.167. The van der Waals surface area contributed by atoms with E-state index in [2.05, 4.69) is 52.9 Å². The molecule has 0 spiro atoms. The second-order valence-corrected chi connectivity index (χ2v) is 7.22. The number of hydrogen-bond acceptors (Lipinski definition) is 2. The molecule has 0 radical (unpaired) electrons. The molecule has 0 bridgehead atoms. The van der Waals surface area contributed by atoms with Crippen LogP contribution in [-0.2, 0) is 19.6 Å². The van der Waals surface area contributed by atoms with Gasteiger partial charge in [-0.25, -0.2) is 0 Å². The molecular formula is C24H24Cl2N2O. The first-order chi connectivity index (χ1) is 13.8. The monoisotopic (exact) mass is 426 g/mol. The highest BCUT2D eigenvalue weighted by atomic mass is 35.5. The molecule has 0 aliphatic carbocycles. The zero-order valence-electron chi connectivity index (χ0n) is 16.0. The van der Waals surface area contributed by atoms with Crippen molar-refractivity contribution in [2.24, 2.45) is 0 Å². The predicted molar refractivity (Wildman–Crippen MR) is 123 cm³/mol. The molecule has 4 aromatic rings. The van der Waals surface area contributed by atoms with Crippen molar-refractivity contribution in [3.8, 4) is 5.75 Å². The Kier molecular flexibility index (Phi) is 7.59. The van der Waals surface area contributed by atoms with Gasteiger partial charge in [-0.15, -0.1) is 12.4 Å². The molecule has 0 saturated heterocycles. The summed E-state index contributed by atoms with van der Waals surface area (Å²) < 4.78 is 5.84. The molecule has 0 aliphatic heterocycles. The van der Waals surface area contributed by atoms with Crippen LogP contribution in [0.3, 0.4) is 0 Å². The molecule has 0 aliphatic rings. The highest BCUT2D eigenvalue weighted by molar-refractivity contribution is 6.31. The Labute approximate surface area is 182 Å². The Bertz CT molecular complexity index is 1040. The van der Waals surface area contributed by atoms with Crippen LogP contribution in [-0.4, -0.2) is 11.5 Å². The predicted octanol–water partition coefficient (Wildman–Crippen LogP) is 6.15. The SMILES string of the molecule is Cl.Clc1ccccc1COc1ccc(CNCCc2c[nH]c3ccccc23)cc1. The van der Waals surface area contributed by atoms with E-state index in [1.807, 2.05) is 36.4 Å². The molecule has 1 heterocycles. The van der Waals surface area contributed by atoms with Gasteiger partial charge in [-0.1, -0.05) is 60.1 Å². The Morgan fingerprint density at radius 2 is 1.62 bits per heavy atom. The normalized spacial score (nSPS) is 10.7. The number of aromatic amines is 1. The second-order valence-electron chi connectivity index (χ2n) is 6.81. The number of hydrogen-bond donors (Lipinski definition) is 2. The lowest BCUT2D eigenvalue weighted by Crippen LogP contribution is -2.16. The van der Waals surface area contributed by atoms with Gasteiger partial charge in [0.15, 0.2) is 0 Å². The van der Waals surface area contributed by atoms with E-state index in [1.165, 1.54) is 22.0 Å². The van der Waals surface area contributed by atoms with E-state index in [-0.39, 0.29) is 12.4 Å². The molecule has 0 amide bonds. The van der Waals surface area contributed by atoms with Gasteiger partial charge < -0.3 is 15.0 Å². The second kappa shape index (κ2) is 10.4. The van der Waals surface area contributed by atoms with Gasteiger partial charge in [-0.2, -0.15) is 0 Å². The van der Waals surface area contributed by atoms with Crippen LogP contribution >= 0.6 is 24.0 Å². The average molecular weight is 427 g/mol. The molecular weight excluding hydrogens is 403 g/mol. The maximum Gasteiger partial charge on any atom is 0.119 e. The van der Waals surface area contributed by atoms with E-state index >= 15 is 0 Å². The zero-order valence-corrected chi connectivity index (χ0v) is 17.6. The Balaban J connectivity index is 0.00000240. The first-order valence-electron chi connectivity index (χ1n) is 9.50. The van der Waals surface area contributed by atoms with Crippen LogP contribution in [0.4, 0.5) is 0 Å². The summed E-state index contributed by atoms with van der Waals surface area (Å²) in [6, 6.07) is 24.4. The minimum absolute atomic E-state index is 0. The van der Waals surface area contributed by atoms with Gasteiger partial charge >= 0.3 is 0 Å². The van der Waals surface area contributed by atoms with Crippen molar-refractivity contribution in [1.29, 1.82) is 0 Å². The highest BCUT2D eigenvalue weighted by Crippen LogP contribution is 2.19. The molecule has 29 heavy (non-hydrogen) atoms. The summed E-state index contributed by atoms with van der Waals surface area (Å²) >= 11 is 6.17. The molecule has 4 rings (SSSR count). The van der Waals surface area contributed by atoms with E-state index in [9.17, 15) is 0 Å². The van der Waals surface area contributed by atoms with Gasteiger partial charge in [0.25, 0.3) is 0 Å². The molecule has 2 N–H and O–H groups in total. The van der Waals surface area contributed by atoms with E-state index in [1.54, 1.807) is 0 Å². The summed E-state index contributed by atoms with van der Waals surface area (Å²) in [6.07, 6.45) is 3.11. The van der Waals surface area contributed by atoms with Crippen LogP contribution in [0.1, 0.15) is 16.7 Å². The summed E-state index contributed by atoms with van der Waals surface area (Å²) in [5.74, 6) is 0.850. The van der Waals surface area contributed by atoms with Crippen molar-refractivity contribution in [2.45, 2.75) is 19.6 Å². The van der Waals surface area contributed by atoms with Gasteiger partial charge in [0, 0.05) is 34.2 Å². The average Bonchev–Trinajstić information content (AvgIpc) is 3.15. The van der Waals surface area contributed by atoms with Crippen molar-refractivity contribution < 1.29 is 4.74 Å². The number of nitrogens with one attached hydrogen (secondary N) is 2.